The van der Waals surface area contributed by atoms with Gasteiger partial charge in [-0.1, -0.05) is 29.3 Å². The summed E-state index contributed by atoms with van der Waals surface area (Å²) in [6.07, 6.45) is 6.23. The predicted octanol–water partition coefficient (Wildman–Crippen LogP) is 3.85. The van der Waals surface area contributed by atoms with Crippen LogP contribution in [0.2, 0.25) is 10.0 Å². The number of aromatic nitrogens is 3. The zero-order valence-electron chi connectivity index (χ0n) is 12.9. The van der Waals surface area contributed by atoms with E-state index in [1.165, 1.54) is 12.4 Å². The molecule has 0 radical (unpaired) electrons. The Balaban J connectivity index is 1.63. The molecule has 8 heteroatoms. The quantitative estimate of drug-likeness (QED) is 0.709. The number of nitrogens with zero attached hydrogens (tertiary/aromatic N) is 3. The summed E-state index contributed by atoms with van der Waals surface area (Å²) in [5.41, 5.74) is 1.90. The first kappa shape index (κ1) is 17.1. The average Bonchev–Trinajstić information content (AvgIpc) is 2.65. The molecule has 0 bridgehead atoms. The number of nitrogens with one attached hydrogen (secondary N) is 2. The number of amides is 1. The van der Waals surface area contributed by atoms with Gasteiger partial charge in [0.25, 0.3) is 5.91 Å². The highest BCUT2D eigenvalue weighted by atomic mass is 35.5. The molecular weight excluding hydrogens is 361 g/mol. The van der Waals surface area contributed by atoms with Gasteiger partial charge in [-0.25, -0.2) is 9.97 Å². The lowest BCUT2D eigenvalue weighted by atomic mass is 10.2. The minimum atomic E-state index is -0.260. The topological polar surface area (TPSA) is 79.8 Å². The molecule has 0 atom stereocenters. The first-order valence-corrected chi connectivity index (χ1v) is 8.09. The summed E-state index contributed by atoms with van der Waals surface area (Å²) in [5.74, 6) is 0.0546. The van der Waals surface area contributed by atoms with Crippen LogP contribution in [-0.4, -0.2) is 20.9 Å². The van der Waals surface area contributed by atoms with Crippen LogP contribution < -0.4 is 10.6 Å². The molecule has 0 saturated carbocycles. The molecule has 1 aromatic carbocycles. The maximum absolute atomic E-state index is 12.1. The number of pyridine rings is 1. The Bertz CT molecular complexity index is 872. The summed E-state index contributed by atoms with van der Waals surface area (Å²) in [7, 11) is 0. The molecule has 0 saturated heterocycles. The van der Waals surface area contributed by atoms with Crippen LogP contribution in [-0.2, 0) is 6.54 Å². The van der Waals surface area contributed by atoms with Crippen LogP contribution in [0.1, 0.15) is 15.9 Å². The second-order valence-electron chi connectivity index (χ2n) is 5.06. The van der Waals surface area contributed by atoms with E-state index in [1.54, 1.807) is 30.6 Å². The molecule has 25 heavy (non-hydrogen) atoms. The highest BCUT2D eigenvalue weighted by Gasteiger charge is 2.09. The van der Waals surface area contributed by atoms with Gasteiger partial charge < -0.3 is 10.6 Å². The van der Waals surface area contributed by atoms with Gasteiger partial charge in [0.1, 0.15) is 0 Å². The van der Waals surface area contributed by atoms with Gasteiger partial charge in [-0.3, -0.25) is 9.78 Å². The van der Waals surface area contributed by atoms with E-state index in [-0.39, 0.29) is 5.91 Å². The fourth-order valence-corrected chi connectivity index (χ4v) is 2.36. The molecule has 2 N–H and O–H groups in total. The van der Waals surface area contributed by atoms with Gasteiger partial charge in [0.2, 0.25) is 5.95 Å². The molecule has 126 valence electrons. The van der Waals surface area contributed by atoms with Crippen LogP contribution in [0.5, 0.6) is 0 Å². The van der Waals surface area contributed by atoms with Crippen molar-refractivity contribution in [1.82, 2.24) is 20.3 Å². The summed E-state index contributed by atoms with van der Waals surface area (Å²) < 4.78 is 0. The summed E-state index contributed by atoms with van der Waals surface area (Å²) >= 11 is 12.1. The van der Waals surface area contributed by atoms with Gasteiger partial charge >= 0.3 is 0 Å². The van der Waals surface area contributed by atoms with E-state index >= 15 is 0 Å². The second kappa shape index (κ2) is 7.92. The summed E-state index contributed by atoms with van der Waals surface area (Å²) in [6, 6.07) is 8.87. The van der Waals surface area contributed by atoms with Crippen molar-refractivity contribution in [1.29, 1.82) is 0 Å². The van der Waals surface area contributed by atoms with Crippen LogP contribution in [0.4, 0.5) is 11.6 Å². The summed E-state index contributed by atoms with van der Waals surface area (Å²) in [6.45, 7) is 0.402. The SMILES string of the molecule is O=C(NCc1ccncc1)c1cnc(Nc2cccc(Cl)c2Cl)nc1. The van der Waals surface area contributed by atoms with Crippen molar-refractivity contribution in [3.05, 3.63) is 76.3 Å². The summed E-state index contributed by atoms with van der Waals surface area (Å²) in [5, 5.41) is 6.57. The molecule has 3 rings (SSSR count). The third-order valence-corrected chi connectivity index (χ3v) is 4.13. The normalized spacial score (nSPS) is 10.3. The second-order valence-corrected chi connectivity index (χ2v) is 5.85. The third-order valence-electron chi connectivity index (χ3n) is 3.31. The van der Waals surface area contributed by atoms with Gasteiger partial charge in [0.15, 0.2) is 0 Å². The molecule has 2 aromatic heterocycles. The highest BCUT2D eigenvalue weighted by molar-refractivity contribution is 6.43. The Kier molecular flexibility index (Phi) is 5.42. The smallest absolute Gasteiger partial charge is 0.254 e. The fraction of sp³-hybridized carbons (Fsp3) is 0.0588. The Morgan fingerprint density at radius 1 is 1.04 bits per heavy atom. The molecule has 6 nitrogen and oxygen atoms in total. The van der Waals surface area contributed by atoms with Crippen molar-refractivity contribution in [2.75, 3.05) is 5.32 Å². The Hall–Kier alpha value is -2.70. The number of rotatable bonds is 5. The number of anilines is 2. The standard InChI is InChI=1S/C17H13Cl2N5O/c18-13-2-1-3-14(15(13)19)24-17-22-9-12(10-23-17)16(25)21-8-11-4-6-20-7-5-11/h1-7,9-10H,8H2,(H,21,25)(H,22,23,24). The van der Waals surface area contributed by atoms with Crippen molar-refractivity contribution in [2.24, 2.45) is 0 Å². The molecule has 0 fully saturated rings. The van der Waals surface area contributed by atoms with Crippen LogP contribution >= 0.6 is 23.2 Å². The molecule has 3 aromatic rings. The fourth-order valence-electron chi connectivity index (χ4n) is 2.02. The van der Waals surface area contributed by atoms with E-state index in [0.717, 1.165) is 5.56 Å². The molecule has 0 aliphatic rings. The van der Waals surface area contributed by atoms with E-state index in [2.05, 4.69) is 25.6 Å². The number of benzene rings is 1. The van der Waals surface area contributed by atoms with E-state index < -0.39 is 0 Å². The van der Waals surface area contributed by atoms with E-state index in [0.29, 0.717) is 33.8 Å². The minimum Gasteiger partial charge on any atom is -0.348 e. The van der Waals surface area contributed by atoms with E-state index in [4.69, 9.17) is 23.2 Å². The largest absolute Gasteiger partial charge is 0.348 e. The lowest BCUT2D eigenvalue weighted by Gasteiger charge is -2.08. The van der Waals surface area contributed by atoms with Crippen molar-refractivity contribution in [3.8, 4) is 0 Å². The van der Waals surface area contributed by atoms with Crippen LogP contribution in [0.3, 0.4) is 0 Å². The van der Waals surface area contributed by atoms with Gasteiger partial charge in [0.05, 0.1) is 21.3 Å². The maximum atomic E-state index is 12.1. The minimum absolute atomic E-state index is 0.260. The van der Waals surface area contributed by atoms with Gasteiger partial charge in [-0.2, -0.15) is 0 Å². The molecule has 0 unspecified atom stereocenters. The molecule has 0 aliphatic heterocycles. The van der Waals surface area contributed by atoms with Crippen molar-refractivity contribution >= 4 is 40.7 Å². The highest BCUT2D eigenvalue weighted by Crippen LogP contribution is 2.30. The molecule has 0 spiro atoms. The summed E-state index contributed by atoms with van der Waals surface area (Å²) in [4.78, 5) is 24.3. The Labute approximate surface area is 154 Å². The maximum Gasteiger partial charge on any atom is 0.254 e. The van der Waals surface area contributed by atoms with Gasteiger partial charge in [-0.15, -0.1) is 0 Å². The van der Waals surface area contributed by atoms with Crippen LogP contribution in [0.25, 0.3) is 0 Å². The van der Waals surface area contributed by atoms with Gasteiger partial charge in [-0.05, 0) is 29.8 Å². The number of carbonyl (C=O) groups excluding carboxylic acids is 1. The van der Waals surface area contributed by atoms with Crippen LogP contribution in [0.15, 0.2) is 55.1 Å². The first-order chi connectivity index (χ1) is 12.1. The van der Waals surface area contributed by atoms with Crippen molar-refractivity contribution < 1.29 is 4.79 Å². The van der Waals surface area contributed by atoms with Gasteiger partial charge in [0, 0.05) is 31.3 Å². The molecule has 2 heterocycles. The van der Waals surface area contributed by atoms with Crippen molar-refractivity contribution in [3.63, 3.8) is 0 Å². The Morgan fingerprint density at radius 3 is 2.48 bits per heavy atom. The predicted molar refractivity (Wildman–Crippen MR) is 97.2 cm³/mol. The van der Waals surface area contributed by atoms with E-state index in [1.807, 2.05) is 12.1 Å². The monoisotopic (exact) mass is 373 g/mol. The number of hydrogen-bond donors (Lipinski definition) is 2. The molecular formula is C17H13Cl2N5O. The van der Waals surface area contributed by atoms with Crippen LogP contribution in [0, 0.1) is 0 Å². The van der Waals surface area contributed by atoms with E-state index in [9.17, 15) is 4.79 Å². The lowest BCUT2D eigenvalue weighted by Crippen LogP contribution is -2.23. The number of carbonyl (C=O) groups is 1. The first-order valence-electron chi connectivity index (χ1n) is 7.33. The Morgan fingerprint density at radius 2 is 1.76 bits per heavy atom. The lowest BCUT2D eigenvalue weighted by molar-refractivity contribution is 0.0950. The number of halogens is 2. The average molecular weight is 374 g/mol. The van der Waals surface area contributed by atoms with Crippen molar-refractivity contribution in [2.45, 2.75) is 6.54 Å². The third kappa shape index (κ3) is 4.43. The molecule has 1 amide bonds. The number of hydrogen-bond acceptors (Lipinski definition) is 5. The zero-order chi connectivity index (χ0) is 17.6. The molecule has 0 aliphatic carbocycles. The zero-order valence-corrected chi connectivity index (χ0v) is 14.4.